The molecule has 9 heteroatoms. The molecular weight excluding hydrogens is 715 g/mol. The van der Waals surface area contributed by atoms with Gasteiger partial charge in [0.1, 0.15) is 0 Å². The largest absolute Gasteiger partial charge is 0.465 e. The van der Waals surface area contributed by atoms with Gasteiger partial charge in [0.05, 0.1) is 31.5 Å². The van der Waals surface area contributed by atoms with Crippen LogP contribution in [0.5, 0.6) is 0 Å². The van der Waals surface area contributed by atoms with E-state index in [1.807, 2.05) is 67.6 Å². The van der Waals surface area contributed by atoms with E-state index in [0.29, 0.717) is 11.1 Å². The third-order valence-electron chi connectivity index (χ3n) is 11.3. The average molecular weight is 784 g/mol. The maximum Gasteiger partial charge on any atom is 0.337 e. The number of ether oxygens (including phenoxy) is 1. The zero-order chi connectivity index (χ0) is 42.2. The summed E-state index contributed by atoms with van der Waals surface area (Å²) >= 11 is 0. The Kier molecular flexibility index (Phi) is 18.6. The first-order valence-electron chi connectivity index (χ1n) is 20.8. The van der Waals surface area contributed by atoms with Crippen molar-refractivity contribution >= 4 is 23.3 Å². The molecule has 9 nitrogen and oxygen atoms in total. The first kappa shape index (κ1) is 47.1. The summed E-state index contributed by atoms with van der Waals surface area (Å²) in [6.07, 6.45) is 19.0. The standard InChI is InChI=1S/C48H69N3O6/c1-10-12-19-28-49-42(47(5,6)38-23-21-22-37(30-38)46(56)57-9)24-17-15-14-16-18-25-43-48(7,8)39-31-36(26-27-40(39)51(43)29-20-13-11-2)45(55)50-32-34(3)44(54)35(4)41(53)33-52/h14-18,21-27,30-31,34-35,41,44,52-54H,10-13,19-20,28-29,32-33H2,1-9H3,(H,50,55)/b15-14+,18-16+,24-17+,43-25+,49-42?/t34-,35+,41+,44+/m0/s1. The minimum Gasteiger partial charge on any atom is -0.465 e. The molecule has 4 atom stereocenters. The van der Waals surface area contributed by atoms with Crippen LogP contribution in [0.2, 0.25) is 0 Å². The molecule has 0 aromatic heterocycles. The molecule has 0 unspecified atom stereocenters. The van der Waals surface area contributed by atoms with E-state index in [1.54, 1.807) is 13.0 Å². The Morgan fingerprint density at radius 3 is 2.30 bits per heavy atom. The normalized spacial score (nSPS) is 17.4. The molecule has 0 saturated carbocycles. The van der Waals surface area contributed by atoms with Crippen molar-refractivity contribution < 1.29 is 29.6 Å². The fourth-order valence-electron chi connectivity index (χ4n) is 7.27. The van der Waals surface area contributed by atoms with Gasteiger partial charge in [0.15, 0.2) is 0 Å². The van der Waals surface area contributed by atoms with Crippen molar-refractivity contribution in [2.45, 2.75) is 117 Å². The number of hydrogen-bond donors (Lipinski definition) is 4. The molecule has 2 aromatic rings. The van der Waals surface area contributed by atoms with Crippen molar-refractivity contribution in [3.63, 3.8) is 0 Å². The summed E-state index contributed by atoms with van der Waals surface area (Å²) < 4.78 is 4.97. The summed E-state index contributed by atoms with van der Waals surface area (Å²) in [6.45, 7) is 18.0. The molecule has 0 spiro atoms. The first-order chi connectivity index (χ1) is 27.1. The van der Waals surface area contributed by atoms with Crippen LogP contribution in [0, 0.1) is 11.8 Å². The smallest absolute Gasteiger partial charge is 0.337 e. The molecule has 0 saturated heterocycles. The van der Waals surface area contributed by atoms with Gasteiger partial charge in [0.2, 0.25) is 0 Å². The zero-order valence-corrected chi connectivity index (χ0v) is 35.9. The molecule has 0 radical (unpaired) electrons. The lowest BCUT2D eigenvalue weighted by Crippen LogP contribution is -2.40. The second kappa shape index (κ2) is 22.6. The van der Waals surface area contributed by atoms with Gasteiger partial charge in [-0.1, -0.05) is 124 Å². The van der Waals surface area contributed by atoms with Gasteiger partial charge in [-0.15, -0.1) is 0 Å². The van der Waals surface area contributed by atoms with Crippen LogP contribution in [0.3, 0.4) is 0 Å². The number of anilines is 1. The lowest BCUT2D eigenvalue weighted by molar-refractivity contribution is -0.0278. The van der Waals surface area contributed by atoms with Crippen molar-refractivity contribution in [2.24, 2.45) is 16.8 Å². The monoisotopic (exact) mass is 784 g/mol. The van der Waals surface area contributed by atoms with E-state index in [2.05, 4.69) is 70.0 Å². The maximum absolute atomic E-state index is 13.4. The van der Waals surface area contributed by atoms with Crippen molar-refractivity contribution in [1.29, 1.82) is 0 Å². The number of nitrogens with one attached hydrogen (secondary N) is 1. The minimum absolute atomic E-state index is 0.219. The number of carbonyl (C=O) groups is 2. The lowest BCUT2D eigenvalue weighted by atomic mass is 9.79. The fourth-order valence-corrected chi connectivity index (χ4v) is 7.27. The zero-order valence-electron chi connectivity index (χ0n) is 35.9. The van der Waals surface area contributed by atoms with Crippen LogP contribution in [-0.4, -0.2) is 78.5 Å². The number of fused-ring (bicyclic) bond motifs is 1. The number of aliphatic hydroxyl groups is 3. The molecule has 2 aromatic carbocycles. The Bertz CT molecular complexity index is 1770. The van der Waals surface area contributed by atoms with E-state index in [-0.39, 0.29) is 29.8 Å². The Morgan fingerprint density at radius 1 is 0.930 bits per heavy atom. The molecule has 1 aliphatic heterocycles. The molecule has 57 heavy (non-hydrogen) atoms. The molecule has 4 N–H and O–H groups in total. The van der Waals surface area contributed by atoms with Gasteiger partial charge >= 0.3 is 5.97 Å². The Morgan fingerprint density at radius 2 is 1.61 bits per heavy atom. The van der Waals surface area contributed by atoms with Gasteiger partial charge in [-0.05, 0) is 72.4 Å². The molecule has 312 valence electrons. The number of allylic oxidation sites excluding steroid dienone is 8. The van der Waals surface area contributed by atoms with E-state index < -0.39 is 30.1 Å². The van der Waals surface area contributed by atoms with E-state index in [1.165, 1.54) is 7.11 Å². The Labute approximate surface area is 342 Å². The van der Waals surface area contributed by atoms with Crippen LogP contribution in [-0.2, 0) is 15.6 Å². The minimum atomic E-state index is -1.02. The predicted octanol–water partition coefficient (Wildman–Crippen LogP) is 8.64. The fraction of sp³-hybridized carbons (Fsp3) is 0.521. The summed E-state index contributed by atoms with van der Waals surface area (Å²) in [6, 6.07) is 13.5. The summed E-state index contributed by atoms with van der Waals surface area (Å²) in [5.41, 5.74) is 5.57. The van der Waals surface area contributed by atoms with Crippen LogP contribution < -0.4 is 10.2 Å². The number of methoxy groups -OCH3 is 1. The van der Waals surface area contributed by atoms with Crippen LogP contribution in [0.25, 0.3) is 0 Å². The highest BCUT2D eigenvalue weighted by Gasteiger charge is 2.40. The predicted molar refractivity (Wildman–Crippen MR) is 234 cm³/mol. The summed E-state index contributed by atoms with van der Waals surface area (Å²) in [5.74, 6) is -1.42. The number of hydrogen-bond acceptors (Lipinski definition) is 8. The van der Waals surface area contributed by atoms with Crippen molar-refractivity contribution in [1.82, 2.24) is 5.32 Å². The Hall–Kier alpha value is -4.31. The number of rotatable bonds is 22. The van der Waals surface area contributed by atoms with Gasteiger partial charge in [-0.2, -0.15) is 0 Å². The third kappa shape index (κ3) is 12.6. The summed E-state index contributed by atoms with van der Waals surface area (Å²) in [4.78, 5) is 33.0. The number of aliphatic imine (C=N–C) groups is 1. The van der Waals surface area contributed by atoms with Gasteiger partial charge < -0.3 is 30.3 Å². The van der Waals surface area contributed by atoms with Crippen LogP contribution in [0.4, 0.5) is 5.69 Å². The second-order valence-electron chi connectivity index (χ2n) is 16.4. The van der Waals surface area contributed by atoms with E-state index in [4.69, 9.17) is 9.73 Å². The van der Waals surface area contributed by atoms with Crippen LogP contribution in [0.1, 0.15) is 126 Å². The molecule has 3 rings (SSSR count). The van der Waals surface area contributed by atoms with Gasteiger partial charge in [-0.25, -0.2) is 4.79 Å². The van der Waals surface area contributed by atoms with Crippen molar-refractivity contribution in [2.75, 3.05) is 38.3 Å². The van der Waals surface area contributed by atoms with Gasteiger partial charge in [-0.3, -0.25) is 9.79 Å². The van der Waals surface area contributed by atoms with E-state index in [0.717, 1.165) is 79.8 Å². The SMILES string of the molecule is CCCCCN=C(/C=C/C=C/C=C/C=C1/N(CCCCC)c2ccc(C(=O)NC[C@H](C)[C@@H](O)[C@H](C)[C@H](O)CO)cc2C1(C)C)C(C)(C)c1cccc(C(=O)OC)c1. The highest BCUT2D eigenvalue weighted by Crippen LogP contribution is 2.48. The van der Waals surface area contributed by atoms with E-state index in [9.17, 15) is 24.9 Å². The molecule has 1 amide bonds. The number of aliphatic hydroxyl groups excluding tert-OH is 3. The second-order valence-corrected chi connectivity index (χ2v) is 16.4. The van der Waals surface area contributed by atoms with Crippen LogP contribution in [0.15, 0.2) is 95.7 Å². The molecular formula is C48H69N3O6. The highest BCUT2D eigenvalue weighted by atomic mass is 16.5. The maximum atomic E-state index is 13.4. The van der Waals surface area contributed by atoms with Crippen LogP contribution >= 0.6 is 0 Å². The number of amides is 1. The average Bonchev–Trinajstić information content (AvgIpc) is 3.42. The lowest BCUT2D eigenvalue weighted by Gasteiger charge is -2.27. The Balaban J connectivity index is 1.82. The van der Waals surface area contributed by atoms with Crippen molar-refractivity contribution in [3.05, 3.63) is 113 Å². The van der Waals surface area contributed by atoms with Crippen molar-refractivity contribution in [3.8, 4) is 0 Å². The molecule has 1 heterocycles. The summed E-state index contributed by atoms with van der Waals surface area (Å²) in [5, 5.41) is 32.8. The molecule has 1 aliphatic rings. The van der Waals surface area contributed by atoms with Gasteiger partial charge in [0, 0.05) is 59.0 Å². The number of unbranched alkanes of at least 4 members (excludes halogenated alkanes) is 4. The molecule has 0 aliphatic carbocycles. The number of carbonyl (C=O) groups excluding carboxylic acids is 2. The van der Waals surface area contributed by atoms with Gasteiger partial charge in [0.25, 0.3) is 5.91 Å². The first-order valence-corrected chi connectivity index (χ1v) is 20.8. The highest BCUT2D eigenvalue weighted by molar-refractivity contribution is 6.03. The third-order valence-corrected chi connectivity index (χ3v) is 11.3. The number of esters is 1. The van der Waals surface area contributed by atoms with E-state index >= 15 is 0 Å². The number of nitrogens with zero attached hydrogens (tertiary/aromatic N) is 2. The molecule has 0 fully saturated rings. The molecule has 0 bridgehead atoms. The summed E-state index contributed by atoms with van der Waals surface area (Å²) in [7, 11) is 1.39. The number of benzene rings is 2. The quantitative estimate of drug-likeness (QED) is 0.0407. The topological polar surface area (TPSA) is 132 Å².